The Balaban J connectivity index is 1.61. The zero-order valence-corrected chi connectivity index (χ0v) is 14.7. The molecule has 0 aromatic carbocycles. The average Bonchev–Trinajstić information content (AvgIpc) is 3.23. The molecular formula is C14H12BrN3O5S. The second-order valence-electron chi connectivity index (χ2n) is 5.08. The molecule has 1 aliphatic heterocycles. The molecule has 0 saturated carbocycles. The summed E-state index contributed by atoms with van der Waals surface area (Å²) in [7, 11) is 0. The number of carbonyl (C=O) groups excluding carboxylic acids is 2. The fraction of sp³-hybridized carbons (Fsp3) is 0.286. The van der Waals surface area contributed by atoms with Gasteiger partial charge in [0.25, 0.3) is 11.8 Å². The van der Waals surface area contributed by atoms with E-state index in [-0.39, 0.29) is 22.6 Å². The van der Waals surface area contributed by atoms with Crippen LogP contribution in [0.4, 0.5) is 5.00 Å². The van der Waals surface area contributed by atoms with Crippen molar-refractivity contribution >= 4 is 44.1 Å². The van der Waals surface area contributed by atoms with Gasteiger partial charge in [0.15, 0.2) is 10.4 Å². The summed E-state index contributed by atoms with van der Waals surface area (Å²) in [5, 5.41) is 10.6. The van der Waals surface area contributed by atoms with Gasteiger partial charge < -0.3 is 14.2 Å². The minimum Gasteiger partial charge on any atom is -0.444 e. The SMILES string of the molecule is O=C(c1ccc(Br)o1)N1CCN(C(=O)c2ccc([N+](=O)[O-])s2)CC1. The Bertz CT molecular complexity index is 794. The van der Waals surface area contributed by atoms with Crippen LogP contribution in [-0.4, -0.2) is 52.7 Å². The highest BCUT2D eigenvalue weighted by Gasteiger charge is 2.28. The topological polar surface area (TPSA) is 96.9 Å². The van der Waals surface area contributed by atoms with E-state index in [1.54, 1.807) is 21.9 Å². The van der Waals surface area contributed by atoms with Gasteiger partial charge in [-0.1, -0.05) is 11.3 Å². The third-order valence-corrected chi connectivity index (χ3v) is 5.07. The van der Waals surface area contributed by atoms with E-state index >= 15 is 0 Å². The molecule has 2 aromatic heterocycles. The Hall–Kier alpha value is -2.20. The van der Waals surface area contributed by atoms with Crippen LogP contribution in [0.15, 0.2) is 33.4 Å². The van der Waals surface area contributed by atoms with Gasteiger partial charge in [-0.15, -0.1) is 0 Å². The van der Waals surface area contributed by atoms with Crippen molar-refractivity contribution < 1.29 is 18.9 Å². The average molecular weight is 414 g/mol. The highest BCUT2D eigenvalue weighted by Crippen LogP contribution is 2.25. The Morgan fingerprint density at radius 1 is 1.08 bits per heavy atom. The van der Waals surface area contributed by atoms with E-state index in [2.05, 4.69) is 15.9 Å². The standard InChI is InChI=1S/C14H12BrN3O5S/c15-11-3-1-9(23-11)13(19)16-5-7-17(8-6-16)14(20)10-2-4-12(24-10)18(21)22/h1-4H,5-8H2. The molecule has 126 valence electrons. The Morgan fingerprint density at radius 2 is 1.71 bits per heavy atom. The summed E-state index contributed by atoms with van der Waals surface area (Å²) in [6, 6.07) is 6.03. The molecular weight excluding hydrogens is 402 g/mol. The summed E-state index contributed by atoms with van der Waals surface area (Å²) in [4.78, 5) is 38.4. The molecule has 1 fully saturated rings. The van der Waals surface area contributed by atoms with Gasteiger partial charge in [0, 0.05) is 32.2 Å². The largest absolute Gasteiger partial charge is 0.444 e. The van der Waals surface area contributed by atoms with Crippen LogP contribution in [0.1, 0.15) is 20.2 Å². The molecule has 0 bridgehead atoms. The Morgan fingerprint density at radius 3 is 2.21 bits per heavy atom. The number of carbonyl (C=O) groups is 2. The van der Waals surface area contributed by atoms with Crippen molar-refractivity contribution in [3.63, 3.8) is 0 Å². The zero-order valence-electron chi connectivity index (χ0n) is 12.3. The van der Waals surface area contributed by atoms with Gasteiger partial charge in [0.1, 0.15) is 0 Å². The zero-order chi connectivity index (χ0) is 17.3. The first kappa shape index (κ1) is 16.7. The van der Waals surface area contributed by atoms with Crippen LogP contribution < -0.4 is 0 Å². The summed E-state index contributed by atoms with van der Waals surface area (Å²) < 4.78 is 5.74. The van der Waals surface area contributed by atoms with Crippen molar-refractivity contribution in [2.24, 2.45) is 0 Å². The van der Waals surface area contributed by atoms with Crippen molar-refractivity contribution in [2.75, 3.05) is 26.2 Å². The van der Waals surface area contributed by atoms with E-state index in [0.29, 0.717) is 35.7 Å². The fourth-order valence-electron chi connectivity index (χ4n) is 2.39. The number of thiophene rings is 1. The Kier molecular flexibility index (Phi) is 4.67. The lowest BCUT2D eigenvalue weighted by atomic mass is 10.2. The van der Waals surface area contributed by atoms with Gasteiger partial charge in [-0.25, -0.2) is 0 Å². The molecule has 0 spiro atoms. The number of halogens is 1. The lowest BCUT2D eigenvalue weighted by Gasteiger charge is -2.34. The quantitative estimate of drug-likeness (QED) is 0.568. The smallest absolute Gasteiger partial charge is 0.324 e. The van der Waals surface area contributed by atoms with Crippen LogP contribution >= 0.6 is 27.3 Å². The maximum atomic E-state index is 12.4. The number of furan rings is 1. The number of piperazine rings is 1. The molecule has 0 N–H and O–H groups in total. The molecule has 8 nitrogen and oxygen atoms in total. The third kappa shape index (κ3) is 3.34. The highest BCUT2D eigenvalue weighted by atomic mass is 79.9. The first-order valence-electron chi connectivity index (χ1n) is 7.04. The van der Waals surface area contributed by atoms with Crippen molar-refractivity contribution in [1.82, 2.24) is 9.80 Å². The molecule has 24 heavy (non-hydrogen) atoms. The number of amides is 2. The number of hydrogen-bond acceptors (Lipinski definition) is 6. The molecule has 2 amide bonds. The molecule has 0 radical (unpaired) electrons. The fourth-order valence-corrected chi connectivity index (χ4v) is 3.49. The minimum atomic E-state index is -0.514. The molecule has 2 aromatic rings. The molecule has 3 heterocycles. The van der Waals surface area contributed by atoms with Gasteiger partial charge >= 0.3 is 5.00 Å². The molecule has 0 unspecified atom stereocenters. The van der Waals surface area contributed by atoms with Crippen LogP contribution in [-0.2, 0) is 0 Å². The highest BCUT2D eigenvalue weighted by molar-refractivity contribution is 9.10. The van der Waals surface area contributed by atoms with E-state index in [9.17, 15) is 19.7 Å². The van der Waals surface area contributed by atoms with E-state index in [1.165, 1.54) is 12.1 Å². The molecule has 3 rings (SSSR count). The minimum absolute atomic E-state index is 0.0597. The monoisotopic (exact) mass is 413 g/mol. The van der Waals surface area contributed by atoms with Gasteiger partial charge in [0.2, 0.25) is 0 Å². The molecule has 0 aliphatic carbocycles. The van der Waals surface area contributed by atoms with Crippen molar-refractivity contribution in [3.8, 4) is 0 Å². The van der Waals surface area contributed by atoms with Gasteiger partial charge in [-0.3, -0.25) is 19.7 Å². The van der Waals surface area contributed by atoms with E-state index in [1.807, 2.05) is 0 Å². The van der Waals surface area contributed by atoms with Crippen LogP contribution in [0.2, 0.25) is 0 Å². The predicted molar refractivity (Wildman–Crippen MR) is 89.2 cm³/mol. The first-order valence-corrected chi connectivity index (χ1v) is 8.65. The van der Waals surface area contributed by atoms with E-state index < -0.39 is 4.92 Å². The van der Waals surface area contributed by atoms with E-state index in [0.717, 1.165) is 11.3 Å². The van der Waals surface area contributed by atoms with Crippen molar-refractivity contribution in [2.45, 2.75) is 0 Å². The van der Waals surface area contributed by atoms with E-state index in [4.69, 9.17) is 4.42 Å². The maximum absolute atomic E-state index is 12.4. The third-order valence-electron chi connectivity index (χ3n) is 3.62. The molecule has 0 atom stereocenters. The number of hydrogen-bond donors (Lipinski definition) is 0. The van der Waals surface area contributed by atoms with Crippen molar-refractivity contribution in [1.29, 1.82) is 0 Å². The summed E-state index contributed by atoms with van der Waals surface area (Å²) >= 11 is 4.01. The van der Waals surface area contributed by atoms with Crippen LogP contribution in [0.5, 0.6) is 0 Å². The summed E-state index contributed by atoms with van der Waals surface area (Å²) in [6.45, 7) is 1.52. The lowest BCUT2D eigenvalue weighted by molar-refractivity contribution is -0.380. The molecule has 1 saturated heterocycles. The number of nitrogens with zero attached hydrogens (tertiary/aromatic N) is 3. The maximum Gasteiger partial charge on any atom is 0.324 e. The van der Waals surface area contributed by atoms with Crippen LogP contribution in [0.25, 0.3) is 0 Å². The van der Waals surface area contributed by atoms with Crippen molar-refractivity contribution in [3.05, 3.63) is 49.7 Å². The Labute approximate surface area is 148 Å². The molecule has 1 aliphatic rings. The molecule has 10 heteroatoms. The summed E-state index contributed by atoms with van der Waals surface area (Å²) in [6.07, 6.45) is 0. The lowest BCUT2D eigenvalue weighted by Crippen LogP contribution is -2.50. The summed E-state index contributed by atoms with van der Waals surface area (Å²) in [5.41, 5.74) is 0. The normalized spacial score (nSPS) is 14.7. The van der Waals surface area contributed by atoms with Crippen LogP contribution in [0.3, 0.4) is 0 Å². The number of rotatable bonds is 3. The van der Waals surface area contributed by atoms with Gasteiger partial charge in [-0.2, -0.15) is 0 Å². The van der Waals surface area contributed by atoms with Gasteiger partial charge in [0.05, 0.1) is 9.80 Å². The second kappa shape index (κ2) is 6.73. The predicted octanol–water partition coefficient (Wildman–Crippen LogP) is 2.61. The van der Waals surface area contributed by atoms with Gasteiger partial charge in [-0.05, 0) is 34.1 Å². The summed E-state index contributed by atoms with van der Waals surface area (Å²) in [5.74, 6) is -0.226. The van der Waals surface area contributed by atoms with Crippen LogP contribution in [0, 0.1) is 10.1 Å². The first-order chi connectivity index (χ1) is 11.5. The number of nitro groups is 1. The second-order valence-corrected chi connectivity index (χ2v) is 6.93.